The van der Waals surface area contributed by atoms with Crippen LogP contribution in [0.5, 0.6) is 0 Å². The van der Waals surface area contributed by atoms with E-state index in [4.69, 9.17) is 18.0 Å². The molecule has 0 atom stereocenters. The number of carbonyl (C=O) groups is 1. The maximum atomic E-state index is 12.0. The standard InChI is InChI=1S/C14H26N4OS/c15-13(20)10-17-6-8-18(9-7-17)11-14(19)16-12-4-2-1-3-5-12/h12H,1-11H2,(H2,15,20)(H,16,19). The van der Waals surface area contributed by atoms with Crippen molar-refractivity contribution in [1.82, 2.24) is 15.1 Å². The van der Waals surface area contributed by atoms with Crippen LogP contribution in [-0.4, -0.2) is 66.0 Å². The monoisotopic (exact) mass is 298 g/mol. The summed E-state index contributed by atoms with van der Waals surface area (Å²) in [5, 5.41) is 3.17. The Balaban J connectivity index is 1.64. The molecular weight excluding hydrogens is 272 g/mol. The minimum absolute atomic E-state index is 0.180. The molecule has 3 N–H and O–H groups in total. The van der Waals surface area contributed by atoms with E-state index in [2.05, 4.69) is 15.1 Å². The number of amides is 1. The van der Waals surface area contributed by atoms with Crippen molar-refractivity contribution < 1.29 is 4.79 Å². The smallest absolute Gasteiger partial charge is 0.234 e. The van der Waals surface area contributed by atoms with Gasteiger partial charge in [-0.1, -0.05) is 31.5 Å². The van der Waals surface area contributed by atoms with E-state index in [-0.39, 0.29) is 5.91 Å². The van der Waals surface area contributed by atoms with E-state index < -0.39 is 0 Å². The molecule has 1 heterocycles. The molecule has 5 nitrogen and oxygen atoms in total. The van der Waals surface area contributed by atoms with Gasteiger partial charge in [-0.05, 0) is 12.8 Å². The second kappa shape index (κ2) is 7.90. The van der Waals surface area contributed by atoms with Gasteiger partial charge in [0.1, 0.15) is 0 Å². The third-order valence-corrected chi connectivity index (χ3v) is 4.31. The van der Waals surface area contributed by atoms with Gasteiger partial charge in [0.25, 0.3) is 0 Å². The fraction of sp³-hybridized carbons (Fsp3) is 0.857. The van der Waals surface area contributed by atoms with Gasteiger partial charge in [-0.25, -0.2) is 0 Å². The van der Waals surface area contributed by atoms with Crippen molar-refractivity contribution >= 4 is 23.1 Å². The maximum Gasteiger partial charge on any atom is 0.234 e. The van der Waals surface area contributed by atoms with Crippen LogP contribution in [0.3, 0.4) is 0 Å². The Kier molecular flexibility index (Phi) is 6.19. The summed E-state index contributed by atoms with van der Waals surface area (Å²) >= 11 is 4.93. The van der Waals surface area contributed by atoms with E-state index in [9.17, 15) is 4.79 Å². The number of nitrogens with one attached hydrogen (secondary N) is 1. The first-order valence-electron chi connectivity index (χ1n) is 7.66. The lowest BCUT2D eigenvalue weighted by Crippen LogP contribution is -2.51. The third-order valence-electron chi connectivity index (χ3n) is 4.18. The van der Waals surface area contributed by atoms with Crippen molar-refractivity contribution in [3.63, 3.8) is 0 Å². The average molecular weight is 298 g/mol. The molecule has 0 aromatic heterocycles. The van der Waals surface area contributed by atoms with Crippen molar-refractivity contribution in [3.8, 4) is 0 Å². The minimum atomic E-state index is 0.180. The Labute approximate surface area is 126 Å². The Morgan fingerprint density at radius 1 is 1.05 bits per heavy atom. The van der Waals surface area contributed by atoms with E-state index in [0.29, 0.717) is 24.1 Å². The summed E-state index contributed by atoms with van der Waals surface area (Å²) in [5.41, 5.74) is 5.55. The quantitative estimate of drug-likeness (QED) is 0.717. The summed E-state index contributed by atoms with van der Waals surface area (Å²) < 4.78 is 0. The molecule has 6 heteroatoms. The average Bonchev–Trinajstić information content (AvgIpc) is 2.41. The van der Waals surface area contributed by atoms with Gasteiger partial charge in [0.15, 0.2) is 0 Å². The molecule has 0 unspecified atom stereocenters. The van der Waals surface area contributed by atoms with Crippen molar-refractivity contribution in [2.75, 3.05) is 39.3 Å². The van der Waals surface area contributed by atoms with Gasteiger partial charge in [0.05, 0.1) is 11.5 Å². The maximum absolute atomic E-state index is 12.0. The van der Waals surface area contributed by atoms with Crippen LogP contribution in [0.15, 0.2) is 0 Å². The van der Waals surface area contributed by atoms with Crippen LogP contribution in [0.4, 0.5) is 0 Å². The van der Waals surface area contributed by atoms with E-state index in [1.807, 2.05) is 0 Å². The van der Waals surface area contributed by atoms with E-state index in [0.717, 1.165) is 39.0 Å². The van der Waals surface area contributed by atoms with Crippen LogP contribution < -0.4 is 11.1 Å². The van der Waals surface area contributed by atoms with Gasteiger partial charge < -0.3 is 11.1 Å². The third kappa shape index (κ3) is 5.34. The number of thiocarbonyl (C=S) groups is 1. The lowest BCUT2D eigenvalue weighted by molar-refractivity contribution is -0.123. The molecule has 0 radical (unpaired) electrons. The van der Waals surface area contributed by atoms with Crippen LogP contribution in [-0.2, 0) is 4.79 Å². The SMILES string of the molecule is NC(=S)CN1CCN(CC(=O)NC2CCCCC2)CC1. The van der Waals surface area contributed by atoms with Gasteiger partial charge in [-0.3, -0.25) is 14.6 Å². The first-order valence-corrected chi connectivity index (χ1v) is 8.06. The lowest BCUT2D eigenvalue weighted by Gasteiger charge is -2.34. The highest BCUT2D eigenvalue weighted by Gasteiger charge is 2.21. The van der Waals surface area contributed by atoms with Crippen LogP contribution >= 0.6 is 12.2 Å². The Morgan fingerprint density at radius 3 is 2.15 bits per heavy atom. The zero-order valence-electron chi connectivity index (χ0n) is 12.1. The number of piperazine rings is 1. The number of nitrogens with two attached hydrogens (primary N) is 1. The first-order chi connectivity index (χ1) is 9.63. The molecule has 1 aliphatic carbocycles. The second-order valence-corrected chi connectivity index (χ2v) is 6.45. The molecule has 0 spiro atoms. The van der Waals surface area contributed by atoms with Gasteiger partial charge in [0.2, 0.25) is 5.91 Å². The molecule has 0 aromatic rings. The summed E-state index contributed by atoms with van der Waals surface area (Å²) in [6.45, 7) is 4.93. The van der Waals surface area contributed by atoms with Crippen LogP contribution in [0.2, 0.25) is 0 Å². The van der Waals surface area contributed by atoms with Gasteiger partial charge in [-0.15, -0.1) is 0 Å². The Hall–Kier alpha value is -0.720. The van der Waals surface area contributed by atoms with E-state index in [1.165, 1.54) is 19.3 Å². The van der Waals surface area contributed by atoms with Gasteiger partial charge in [-0.2, -0.15) is 0 Å². The Morgan fingerprint density at radius 2 is 1.60 bits per heavy atom. The number of nitrogens with zero attached hydrogens (tertiary/aromatic N) is 2. The second-order valence-electron chi connectivity index (χ2n) is 5.92. The molecule has 1 saturated heterocycles. The summed E-state index contributed by atoms with van der Waals surface area (Å²) in [6.07, 6.45) is 6.11. The summed E-state index contributed by atoms with van der Waals surface area (Å²) in [4.78, 5) is 17.0. The topological polar surface area (TPSA) is 61.6 Å². The molecule has 114 valence electrons. The highest BCUT2D eigenvalue weighted by atomic mass is 32.1. The van der Waals surface area contributed by atoms with Crippen molar-refractivity contribution in [1.29, 1.82) is 0 Å². The molecule has 0 aromatic carbocycles. The van der Waals surface area contributed by atoms with Crippen LogP contribution in [0, 0.1) is 0 Å². The summed E-state index contributed by atoms with van der Waals surface area (Å²) in [7, 11) is 0. The molecule has 0 bridgehead atoms. The zero-order valence-corrected chi connectivity index (χ0v) is 13.0. The van der Waals surface area contributed by atoms with Gasteiger partial charge in [0, 0.05) is 38.8 Å². The molecular formula is C14H26N4OS. The van der Waals surface area contributed by atoms with Crippen LogP contribution in [0.25, 0.3) is 0 Å². The van der Waals surface area contributed by atoms with Crippen molar-refractivity contribution in [2.24, 2.45) is 5.73 Å². The molecule has 2 rings (SSSR count). The van der Waals surface area contributed by atoms with Crippen molar-refractivity contribution in [3.05, 3.63) is 0 Å². The van der Waals surface area contributed by atoms with E-state index >= 15 is 0 Å². The number of carbonyl (C=O) groups excluding carboxylic acids is 1. The highest BCUT2D eigenvalue weighted by Crippen LogP contribution is 2.17. The largest absolute Gasteiger partial charge is 0.392 e. The molecule has 2 fully saturated rings. The Bertz CT molecular complexity index is 336. The molecule has 1 saturated carbocycles. The molecule has 1 amide bonds. The molecule has 20 heavy (non-hydrogen) atoms. The first kappa shape index (κ1) is 15.7. The summed E-state index contributed by atoms with van der Waals surface area (Å²) in [5.74, 6) is 0.180. The number of hydrogen-bond acceptors (Lipinski definition) is 4. The van der Waals surface area contributed by atoms with Crippen LogP contribution in [0.1, 0.15) is 32.1 Å². The molecule has 2 aliphatic rings. The van der Waals surface area contributed by atoms with E-state index in [1.54, 1.807) is 0 Å². The lowest BCUT2D eigenvalue weighted by atomic mass is 9.95. The number of hydrogen-bond donors (Lipinski definition) is 2. The molecule has 1 aliphatic heterocycles. The fourth-order valence-electron chi connectivity index (χ4n) is 3.05. The zero-order chi connectivity index (χ0) is 14.4. The highest BCUT2D eigenvalue weighted by molar-refractivity contribution is 7.80. The van der Waals surface area contributed by atoms with Crippen molar-refractivity contribution in [2.45, 2.75) is 38.1 Å². The summed E-state index contributed by atoms with van der Waals surface area (Å²) in [6, 6.07) is 0.409. The van der Waals surface area contributed by atoms with Gasteiger partial charge >= 0.3 is 0 Å². The predicted molar refractivity (Wildman–Crippen MR) is 84.7 cm³/mol. The number of rotatable bonds is 5. The minimum Gasteiger partial charge on any atom is -0.392 e. The fourth-order valence-corrected chi connectivity index (χ4v) is 3.23. The normalized spacial score (nSPS) is 22.6. The predicted octanol–water partition coefficient (Wildman–Crippen LogP) is 0.339.